The third kappa shape index (κ3) is 4.39. The zero-order valence-electron chi connectivity index (χ0n) is 16.2. The van der Waals surface area contributed by atoms with Gasteiger partial charge >= 0.3 is 0 Å². The van der Waals surface area contributed by atoms with Gasteiger partial charge in [-0.05, 0) is 60.0 Å². The lowest BCUT2D eigenvalue weighted by atomic mass is 10.1. The van der Waals surface area contributed by atoms with E-state index in [-0.39, 0.29) is 17.7 Å². The summed E-state index contributed by atoms with van der Waals surface area (Å²) in [6.45, 7) is 4.89. The summed E-state index contributed by atoms with van der Waals surface area (Å²) in [5.41, 5.74) is 2.80. The van der Waals surface area contributed by atoms with Crippen molar-refractivity contribution in [2.24, 2.45) is 0 Å². The van der Waals surface area contributed by atoms with Crippen LogP contribution in [0.2, 0.25) is 0 Å². The Morgan fingerprint density at radius 2 is 1.89 bits per heavy atom. The fourth-order valence-corrected chi connectivity index (χ4v) is 3.69. The Labute approximate surface area is 169 Å². The van der Waals surface area contributed by atoms with E-state index in [4.69, 9.17) is 9.47 Å². The van der Waals surface area contributed by atoms with Gasteiger partial charge in [-0.1, -0.05) is 37.3 Å². The van der Waals surface area contributed by atoms with Gasteiger partial charge in [0.1, 0.15) is 0 Å². The van der Waals surface area contributed by atoms with E-state index in [9.17, 15) is 9.59 Å². The van der Waals surface area contributed by atoms with Crippen LogP contribution < -0.4 is 9.47 Å². The highest BCUT2D eigenvalue weighted by Crippen LogP contribution is 2.35. The number of amides is 2. The van der Waals surface area contributed by atoms with Gasteiger partial charge in [0.15, 0.2) is 11.5 Å². The number of aryl methyl sites for hydroxylation is 1. The van der Waals surface area contributed by atoms with E-state index >= 15 is 0 Å². The van der Waals surface area contributed by atoms with Gasteiger partial charge in [-0.2, -0.15) is 0 Å². The van der Waals surface area contributed by atoms with Gasteiger partial charge in [-0.15, -0.1) is 0 Å². The minimum atomic E-state index is -0.275. The van der Waals surface area contributed by atoms with Crippen molar-refractivity contribution in [2.45, 2.75) is 26.8 Å². The SMILES string of the molecule is CCCOc1ccc(/C=C2\SC(=O)N(Cc3ccccc3C)C2=O)cc1OC. The molecule has 1 fully saturated rings. The van der Waals surface area contributed by atoms with Crippen molar-refractivity contribution in [3.63, 3.8) is 0 Å². The van der Waals surface area contributed by atoms with Crippen molar-refractivity contribution in [3.05, 3.63) is 64.1 Å². The van der Waals surface area contributed by atoms with Crippen molar-refractivity contribution >= 4 is 29.0 Å². The molecule has 5 nitrogen and oxygen atoms in total. The number of carbonyl (C=O) groups is 2. The van der Waals surface area contributed by atoms with E-state index in [0.29, 0.717) is 23.0 Å². The number of rotatable bonds is 7. The van der Waals surface area contributed by atoms with Crippen molar-refractivity contribution in [1.82, 2.24) is 4.90 Å². The molecule has 1 aliphatic rings. The minimum absolute atomic E-state index is 0.255. The highest BCUT2D eigenvalue weighted by atomic mass is 32.2. The lowest BCUT2D eigenvalue weighted by Crippen LogP contribution is -2.27. The van der Waals surface area contributed by atoms with Crippen LogP contribution in [0.25, 0.3) is 6.08 Å². The van der Waals surface area contributed by atoms with Crippen LogP contribution in [0.15, 0.2) is 47.4 Å². The molecule has 1 saturated heterocycles. The maximum atomic E-state index is 12.8. The summed E-state index contributed by atoms with van der Waals surface area (Å²) in [7, 11) is 1.58. The van der Waals surface area contributed by atoms with Crippen LogP contribution in [0.3, 0.4) is 0 Å². The van der Waals surface area contributed by atoms with Crippen molar-refractivity contribution < 1.29 is 19.1 Å². The first-order chi connectivity index (χ1) is 13.5. The third-order valence-electron chi connectivity index (χ3n) is 4.41. The molecular formula is C22H23NO4S. The molecule has 0 unspecified atom stereocenters. The van der Waals surface area contributed by atoms with Gasteiger partial charge in [0.25, 0.3) is 11.1 Å². The van der Waals surface area contributed by atoms with E-state index in [2.05, 4.69) is 0 Å². The first kappa shape index (κ1) is 20.0. The number of hydrogen-bond acceptors (Lipinski definition) is 5. The second-order valence-corrected chi connectivity index (χ2v) is 7.45. The van der Waals surface area contributed by atoms with Gasteiger partial charge in [-0.25, -0.2) is 0 Å². The van der Waals surface area contributed by atoms with Gasteiger partial charge in [0, 0.05) is 0 Å². The molecule has 146 valence electrons. The van der Waals surface area contributed by atoms with E-state index in [1.807, 2.05) is 50.2 Å². The largest absolute Gasteiger partial charge is 0.493 e. The van der Waals surface area contributed by atoms with Gasteiger partial charge < -0.3 is 9.47 Å². The Balaban J connectivity index is 1.80. The molecule has 0 aromatic heterocycles. The maximum Gasteiger partial charge on any atom is 0.293 e. The average Bonchev–Trinajstić information content (AvgIpc) is 2.95. The van der Waals surface area contributed by atoms with Gasteiger partial charge in [-0.3, -0.25) is 14.5 Å². The van der Waals surface area contributed by atoms with Crippen molar-refractivity contribution in [2.75, 3.05) is 13.7 Å². The minimum Gasteiger partial charge on any atom is -0.493 e. The first-order valence-corrected chi connectivity index (χ1v) is 9.96. The Hall–Kier alpha value is -2.73. The molecule has 28 heavy (non-hydrogen) atoms. The van der Waals surface area contributed by atoms with Crippen LogP contribution in [-0.4, -0.2) is 29.8 Å². The fraction of sp³-hybridized carbons (Fsp3) is 0.273. The third-order valence-corrected chi connectivity index (χ3v) is 5.32. The number of imide groups is 1. The second kappa shape index (κ2) is 8.97. The molecule has 0 radical (unpaired) electrons. The topological polar surface area (TPSA) is 55.8 Å². The van der Waals surface area contributed by atoms with Crippen LogP contribution in [0.4, 0.5) is 4.79 Å². The van der Waals surface area contributed by atoms with E-state index in [1.165, 1.54) is 4.90 Å². The van der Waals surface area contributed by atoms with Gasteiger partial charge in [0.05, 0.1) is 25.2 Å². The second-order valence-electron chi connectivity index (χ2n) is 6.45. The molecule has 3 rings (SSSR count). The predicted octanol–water partition coefficient (Wildman–Crippen LogP) is 5.03. The van der Waals surface area contributed by atoms with E-state index in [1.54, 1.807) is 19.3 Å². The normalized spacial score (nSPS) is 15.4. The summed E-state index contributed by atoms with van der Waals surface area (Å²) in [4.78, 5) is 26.8. The fourth-order valence-electron chi connectivity index (χ4n) is 2.85. The van der Waals surface area contributed by atoms with Crippen LogP contribution in [-0.2, 0) is 11.3 Å². The molecule has 0 atom stereocenters. The van der Waals surface area contributed by atoms with Crippen molar-refractivity contribution in [3.8, 4) is 11.5 Å². The zero-order valence-corrected chi connectivity index (χ0v) is 17.0. The molecular weight excluding hydrogens is 374 g/mol. The summed E-state index contributed by atoms with van der Waals surface area (Å²) in [5.74, 6) is 0.985. The Bertz CT molecular complexity index is 923. The quantitative estimate of drug-likeness (QED) is 0.614. The molecule has 0 spiro atoms. The molecule has 2 aromatic carbocycles. The number of ether oxygens (including phenoxy) is 2. The molecule has 6 heteroatoms. The lowest BCUT2D eigenvalue weighted by molar-refractivity contribution is -0.123. The maximum absolute atomic E-state index is 12.8. The summed E-state index contributed by atoms with van der Waals surface area (Å²) in [6, 6.07) is 13.2. The molecule has 0 aliphatic carbocycles. The number of hydrogen-bond donors (Lipinski definition) is 0. The number of methoxy groups -OCH3 is 1. The highest BCUT2D eigenvalue weighted by Gasteiger charge is 2.35. The zero-order chi connectivity index (χ0) is 20.1. The molecule has 1 heterocycles. The molecule has 2 amide bonds. The first-order valence-electron chi connectivity index (χ1n) is 9.14. The van der Waals surface area contributed by atoms with Crippen LogP contribution in [0.5, 0.6) is 11.5 Å². The highest BCUT2D eigenvalue weighted by molar-refractivity contribution is 8.18. The van der Waals surface area contributed by atoms with Gasteiger partial charge in [0.2, 0.25) is 0 Å². The van der Waals surface area contributed by atoms with Crippen molar-refractivity contribution in [1.29, 1.82) is 0 Å². The molecule has 0 saturated carbocycles. The average molecular weight is 397 g/mol. The Kier molecular flexibility index (Phi) is 6.41. The number of carbonyl (C=O) groups excluding carboxylic acids is 2. The summed E-state index contributed by atoms with van der Waals surface area (Å²) >= 11 is 0.960. The number of nitrogens with zero attached hydrogens (tertiary/aromatic N) is 1. The molecule has 2 aromatic rings. The van der Waals surface area contributed by atoms with Crippen LogP contribution in [0, 0.1) is 6.92 Å². The summed E-state index contributed by atoms with van der Waals surface area (Å²) < 4.78 is 11.0. The molecule has 0 bridgehead atoms. The Morgan fingerprint density at radius 3 is 2.61 bits per heavy atom. The molecule has 1 aliphatic heterocycles. The lowest BCUT2D eigenvalue weighted by Gasteiger charge is -2.14. The summed E-state index contributed by atoms with van der Waals surface area (Å²) in [6.07, 6.45) is 2.62. The van der Waals surface area contributed by atoms with Crippen LogP contribution in [0.1, 0.15) is 30.0 Å². The van der Waals surface area contributed by atoms with E-state index in [0.717, 1.165) is 34.9 Å². The smallest absolute Gasteiger partial charge is 0.293 e. The van der Waals surface area contributed by atoms with Crippen LogP contribution >= 0.6 is 11.8 Å². The Morgan fingerprint density at radius 1 is 1.11 bits per heavy atom. The standard InChI is InChI=1S/C22H23NO4S/c1-4-11-27-18-10-9-16(12-19(18)26-3)13-20-21(24)23(22(25)28-20)14-17-8-6-5-7-15(17)2/h5-10,12-13H,4,11,14H2,1-3H3/b20-13-. The number of thioether (sulfide) groups is 1. The monoisotopic (exact) mass is 397 g/mol. The predicted molar refractivity (Wildman–Crippen MR) is 111 cm³/mol. The molecule has 0 N–H and O–H groups in total. The summed E-state index contributed by atoms with van der Waals surface area (Å²) in [5, 5.41) is -0.255. The van der Waals surface area contributed by atoms with E-state index < -0.39 is 0 Å². The number of benzene rings is 2.